The zero-order chi connectivity index (χ0) is 32.4. The molecule has 2 aromatic rings. The van der Waals surface area contributed by atoms with Crippen molar-refractivity contribution >= 4 is 64.1 Å². The van der Waals surface area contributed by atoms with E-state index in [9.17, 15) is 37.5 Å². The highest BCUT2D eigenvalue weighted by Crippen LogP contribution is 2.66. The van der Waals surface area contributed by atoms with Crippen molar-refractivity contribution < 1.29 is 51.0 Å². The smallest absolute Gasteiger partial charge is 0.258 e. The summed E-state index contributed by atoms with van der Waals surface area (Å²) in [5.41, 5.74) is -1.66. The van der Waals surface area contributed by atoms with Gasteiger partial charge in [0.15, 0.2) is 44.5 Å². The molecule has 16 heteroatoms. The van der Waals surface area contributed by atoms with E-state index >= 15 is 8.78 Å². The van der Waals surface area contributed by atoms with Crippen molar-refractivity contribution in [1.82, 2.24) is 4.90 Å². The third kappa shape index (κ3) is 3.57. The molecule has 3 fully saturated rings. The molecular weight excluding hydrogens is 662 g/mol. The Hall–Kier alpha value is -3.42. The summed E-state index contributed by atoms with van der Waals surface area (Å²) in [4.78, 5) is 49.7. The van der Waals surface area contributed by atoms with Gasteiger partial charge >= 0.3 is 0 Å². The number of imide groups is 2. The number of benzene rings is 2. The number of likely N-dealkylation sites (tertiary alicyclic amines) is 1. The lowest BCUT2D eigenvalue weighted by Crippen LogP contribution is -2.60. The average molecular weight is 680 g/mol. The molecule has 8 nitrogen and oxygen atoms in total. The number of fused-ring (bicyclic) bond motifs is 4. The SMILES string of the molecule is COc1cc(C2C3=CCC4C(=O)N(C)C(=O)C4C3CC3(Cl)C(=O)N(c4c(F)c(F)c(F)c(F)c4F)C(=O)C23Cl)cc(Cl)c1O. The Bertz CT molecular complexity index is 1740. The molecule has 2 aliphatic heterocycles. The Labute approximate surface area is 259 Å². The standard InChI is InChI=1S/C28H18Cl3F5N2O6/c1-37-23(40)10-4-3-9-11(14(10)24(37)41)7-27(30)25(42)38(21-19(35)17(33)16(32)18(34)20(21)36)26(43)28(27,31)15(9)8-5-12(29)22(39)13(6-8)44-2/h3,5-6,10-11,14-15,39H,4,7H2,1-2H3. The maximum atomic E-state index is 15.0. The summed E-state index contributed by atoms with van der Waals surface area (Å²) in [7, 11) is 2.45. The molecule has 0 aromatic heterocycles. The van der Waals surface area contributed by atoms with Crippen LogP contribution in [0.2, 0.25) is 5.02 Å². The highest BCUT2D eigenvalue weighted by Gasteiger charge is 2.77. The van der Waals surface area contributed by atoms with E-state index in [1.165, 1.54) is 26.3 Å². The summed E-state index contributed by atoms with van der Waals surface area (Å²) >= 11 is 20.2. The fraction of sp³-hybridized carbons (Fsp3) is 0.357. The summed E-state index contributed by atoms with van der Waals surface area (Å²) in [6.45, 7) is 0. The third-order valence-corrected chi connectivity index (χ3v) is 10.7. The van der Waals surface area contributed by atoms with Gasteiger partial charge in [0.25, 0.3) is 11.8 Å². The molecular formula is C28H18Cl3F5N2O6. The van der Waals surface area contributed by atoms with Gasteiger partial charge in [-0.15, -0.1) is 23.2 Å². The first kappa shape index (κ1) is 30.6. The van der Waals surface area contributed by atoms with E-state index < -0.39 is 104 Å². The van der Waals surface area contributed by atoms with Crippen LogP contribution in [0, 0.1) is 46.8 Å². The topological polar surface area (TPSA) is 104 Å². The predicted octanol–water partition coefficient (Wildman–Crippen LogP) is 4.94. The molecule has 1 N–H and O–H groups in total. The number of methoxy groups -OCH3 is 1. The summed E-state index contributed by atoms with van der Waals surface area (Å²) in [5, 5.41) is 10.1. The molecule has 2 aromatic carbocycles. The second kappa shape index (κ2) is 9.79. The first-order valence-corrected chi connectivity index (χ1v) is 14.0. The maximum Gasteiger partial charge on any atom is 0.258 e. The van der Waals surface area contributed by atoms with Crippen LogP contribution in [-0.2, 0) is 19.2 Å². The van der Waals surface area contributed by atoms with Crippen molar-refractivity contribution in [3.05, 3.63) is 63.5 Å². The number of phenolic OH excluding ortho intramolecular Hbond substituents is 1. The van der Waals surface area contributed by atoms with Crippen molar-refractivity contribution in [2.75, 3.05) is 19.1 Å². The van der Waals surface area contributed by atoms with Crippen LogP contribution in [0.15, 0.2) is 23.8 Å². The largest absolute Gasteiger partial charge is 0.503 e. The number of alkyl halides is 2. The number of carbonyl (C=O) groups is 4. The molecule has 1 saturated carbocycles. The van der Waals surface area contributed by atoms with E-state index in [0.29, 0.717) is 0 Å². The Morgan fingerprint density at radius 3 is 2.09 bits per heavy atom. The van der Waals surface area contributed by atoms with Crippen LogP contribution in [0.4, 0.5) is 27.6 Å². The zero-order valence-corrected chi connectivity index (χ0v) is 24.6. The fourth-order valence-electron chi connectivity index (χ4n) is 7.01. The van der Waals surface area contributed by atoms with Crippen LogP contribution < -0.4 is 9.64 Å². The van der Waals surface area contributed by atoms with E-state index in [-0.39, 0.29) is 33.2 Å². The maximum absolute atomic E-state index is 15.0. The molecule has 6 atom stereocenters. The van der Waals surface area contributed by atoms with Gasteiger partial charge < -0.3 is 9.84 Å². The molecule has 2 aliphatic carbocycles. The average Bonchev–Trinajstić information content (AvgIpc) is 3.30. The van der Waals surface area contributed by atoms with Crippen molar-refractivity contribution in [2.24, 2.45) is 17.8 Å². The highest BCUT2D eigenvalue weighted by atomic mass is 35.5. The van der Waals surface area contributed by atoms with Gasteiger partial charge in [-0.25, -0.2) is 26.9 Å². The number of aromatic hydroxyl groups is 1. The third-order valence-electron chi connectivity index (χ3n) is 9.05. The highest BCUT2D eigenvalue weighted by molar-refractivity contribution is 6.58. The lowest BCUT2D eigenvalue weighted by atomic mass is 9.56. The summed E-state index contributed by atoms with van der Waals surface area (Å²) in [6, 6.07) is 2.36. The van der Waals surface area contributed by atoms with Gasteiger partial charge in [-0.3, -0.25) is 24.1 Å². The van der Waals surface area contributed by atoms with Crippen LogP contribution in [-0.4, -0.2) is 57.5 Å². The molecule has 0 bridgehead atoms. The quantitative estimate of drug-likeness (QED) is 0.123. The van der Waals surface area contributed by atoms with Crippen molar-refractivity contribution in [3.8, 4) is 11.5 Å². The van der Waals surface area contributed by atoms with E-state index in [4.69, 9.17) is 39.5 Å². The van der Waals surface area contributed by atoms with Crippen molar-refractivity contribution in [2.45, 2.75) is 28.5 Å². The van der Waals surface area contributed by atoms with Gasteiger partial charge in [0.2, 0.25) is 17.6 Å². The monoisotopic (exact) mass is 678 g/mol. The molecule has 0 spiro atoms. The van der Waals surface area contributed by atoms with Crippen LogP contribution in [0.5, 0.6) is 11.5 Å². The molecule has 0 radical (unpaired) electrons. The molecule has 4 amide bonds. The normalized spacial score (nSPS) is 31.3. The number of ether oxygens (including phenoxy) is 1. The number of rotatable bonds is 3. The minimum absolute atomic E-state index is 0.00336. The number of anilines is 1. The minimum atomic E-state index is -2.72. The van der Waals surface area contributed by atoms with E-state index in [2.05, 4.69) is 0 Å². The Balaban J connectivity index is 1.64. The summed E-state index contributed by atoms with van der Waals surface area (Å²) < 4.78 is 77.7. The van der Waals surface area contributed by atoms with Crippen LogP contribution >= 0.6 is 34.8 Å². The molecule has 2 saturated heterocycles. The molecule has 6 rings (SSSR count). The number of carbonyl (C=O) groups excluding carboxylic acids is 4. The summed E-state index contributed by atoms with van der Waals surface area (Å²) in [6.07, 6.45) is 0.901. The zero-order valence-electron chi connectivity index (χ0n) is 22.4. The number of hydrogen-bond acceptors (Lipinski definition) is 6. The Kier molecular flexibility index (Phi) is 6.81. The summed E-state index contributed by atoms with van der Waals surface area (Å²) in [5.74, 6) is -22.0. The number of amides is 4. The van der Waals surface area contributed by atoms with Gasteiger partial charge in [-0.1, -0.05) is 23.3 Å². The van der Waals surface area contributed by atoms with Crippen LogP contribution in [0.3, 0.4) is 0 Å². The van der Waals surface area contributed by atoms with E-state index in [1.54, 1.807) is 0 Å². The minimum Gasteiger partial charge on any atom is -0.503 e. The first-order valence-electron chi connectivity index (χ1n) is 12.9. The number of hydrogen-bond donors (Lipinski definition) is 1. The lowest BCUT2D eigenvalue weighted by Gasteiger charge is -2.50. The number of allylic oxidation sites excluding steroid dienone is 2. The van der Waals surface area contributed by atoms with Crippen molar-refractivity contribution in [1.29, 1.82) is 0 Å². The Morgan fingerprint density at radius 2 is 1.50 bits per heavy atom. The predicted molar refractivity (Wildman–Crippen MR) is 144 cm³/mol. The molecule has 6 unspecified atom stereocenters. The van der Waals surface area contributed by atoms with Crippen molar-refractivity contribution in [3.63, 3.8) is 0 Å². The molecule has 232 valence electrons. The van der Waals surface area contributed by atoms with Gasteiger partial charge in [-0.2, -0.15) is 0 Å². The van der Waals surface area contributed by atoms with Gasteiger partial charge in [-0.05, 0) is 36.5 Å². The van der Waals surface area contributed by atoms with Crippen LogP contribution in [0.1, 0.15) is 24.3 Å². The molecule has 4 aliphatic rings. The van der Waals surface area contributed by atoms with Crippen LogP contribution in [0.25, 0.3) is 0 Å². The first-order chi connectivity index (χ1) is 20.5. The van der Waals surface area contributed by atoms with Gasteiger partial charge in [0.1, 0.15) is 5.69 Å². The number of phenols is 1. The lowest BCUT2D eigenvalue weighted by molar-refractivity contribution is -0.138. The Morgan fingerprint density at radius 1 is 0.909 bits per heavy atom. The molecule has 44 heavy (non-hydrogen) atoms. The molecule has 2 heterocycles. The van der Waals surface area contributed by atoms with Gasteiger partial charge in [0, 0.05) is 13.0 Å². The number of halogens is 8. The van der Waals surface area contributed by atoms with E-state index in [1.807, 2.05) is 0 Å². The number of nitrogens with zero attached hydrogens (tertiary/aromatic N) is 2. The second-order valence-electron chi connectivity index (χ2n) is 11.0. The second-order valence-corrected chi connectivity index (χ2v) is 12.6. The van der Waals surface area contributed by atoms with E-state index in [0.717, 1.165) is 11.0 Å². The fourth-order valence-corrected chi connectivity index (χ4v) is 8.17. The van der Waals surface area contributed by atoms with Gasteiger partial charge in [0.05, 0.1) is 24.0 Å².